The van der Waals surface area contributed by atoms with E-state index in [-0.39, 0.29) is 22.1 Å². The molecule has 10 heteroatoms. The Bertz CT molecular complexity index is 1260. The van der Waals surface area contributed by atoms with Gasteiger partial charge in [0.15, 0.2) is 5.82 Å². The van der Waals surface area contributed by atoms with Crippen molar-refractivity contribution < 1.29 is 18.4 Å². The molecule has 1 aromatic carbocycles. The van der Waals surface area contributed by atoms with Crippen LogP contribution in [0.4, 0.5) is 13.9 Å². The maximum absolute atomic E-state index is 14.2. The first-order valence-corrected chi connectivity index (χ1v) is 10.2. The van der Waals surface area contributed by atoms with Gasteiger partial charge in [0.05, 0.1) is 16.7 Å². The second-order valence-electron chi connectivity index (χ2n) is 6.72. The van der Waals surface area contributed by atoms with Gasteiger partial charge in [-0.2, -0.15) is 9.36 Å². The molecular formula is C22H15F2N5O2S. The zero-order valence-electron chi connectivity index (χ0n) is 16.9. The molecule has 0 N–H and O–H groups in total. The Morgan fingerprint density at radius 2 is 1.38 bits per heavy atom. The Hall–Kier alpha value is -3.92. The van der Waals surface area contributed by atoms with Crippen LogP contribution in [0.3, 0.4) is 0 Å². The zero-order valence-corrected chi connectivity index (χ0v) is 17.7. The van der Waals surface area contributed by atoms with Crippen LogP contribution in [-0.2, 0) is 0 Å². The number of nitrogens with zero attached hydrogens (tertiary/aromatic N) is 5. The van der Waals surface area contributed by atoms with Crippen molar-refractivity contribution in [1.82, 2.24) is 19.3 Å². The van der Waals surface area contributed by atoms with Crippen LogP contribution in [0.25, 0.3) is 11.4 Å². The lowest BCUT2D eigenvalue weighted by atomic mass is 10.1. The van der Waals surface area contributed by atoms with E-state index in [2.05, 4.69) is 19.3 Å². The van der Waals surface area contributed by atoms with E-state index in [0.717, 1.165) is 17.0 Å². The molecule has 0 saturated carbocycles. The molecule has 0 atom stereocenters. The topological polar surface area (TPSA) is 88.9 Å². The molecule has 160 valence electrons. The van der Waals surface area contributed by atoms with Gasteiger partial charge in [-0.1, -0.05) is 6.07 Å². The lowest BCUT2D eigenvalue weighted by Crippen LogP contribution is -2.38. The molecule has 4 rings (SSSR count). The number of carbonyl (C=O) groups is 2. The molecule has 7 nitrogen and oxygen atoms in total. The number of amides is 2. The van der Waals surface area contributed by atoms with Gasteiger partial charge >= 0.3 is 0 Å². The van der Waals surface area contributed by atoms with E-state index in [1.807, 2.05) is 0 Å². The number of halogens is 2. The average molecular weight is 451 g/mol. The maximum atomic E-state index is 14.2. The van der Waals surface area contributed by atoms with Crippen molar-refractivity contribution in [3.63, 3.8) is 0 Å². The number of aromatic nitrogens is 4. The highest BCUT2D eigenvalue weighted by Gasteiger charge is 2.32. The van der Waals surface area contributed by atoms with Crippen LogP contribution in [0.5, 0.6) is 0 Å². The molecule has 0 bridgehead atoms. The number of pyridine rings is 2. The van der Waals surface area contributed by atoms with Gasteiger partial charge in [-0.15, -0.1) is 0 Å². The smallest absolute Gasteiger partial charge is 0.268 e. The highest BCUT2D eigenvalue weighted by atomic mass is 32.1. The predicted molar refractivity (Wildman–Crippen MR) is 114 cm³/mol. The van der Waals surface area contributed by atoms with Crippen molar-refractivity contribution >= 4 is 28.5 Å². The van der Waals surface area contributed by atoms with Crippen molar-refractivity contribution in [1.29, 1.82) is 0 Å². The Balaban J connectivity index is 1.85. The number of anilines is 1. The summed E-state index contributed by atoms with van der Waals surface area (Å²) in [4.78, 5) is 40.0. The summed E-state index contributed by atoms with van der Waals surface area (Å²) in [7, 11) is 0. The van der Waals surface area contributed by atoms with E-state index in [9.17, 15) is 18.4 Å². The summed E-state index contributed by atoms with van der Waals surface area (Å²) in [6.07, 6.45) is 3.04. The third-order valence-electron chi connectivity index (χ3n) is 4.67. The van der Waals surface area contributed by atoms with Crippen LogP contribution in [0.1, 0.15) is 32.1 Å². The Morgan fingerprint density at radius 3 is 1.88 bits per heavy atom. The zero-order chi connectivity index (χ0) is 22.8. The number of carbonyl (C=O) groups excluding carboxylic acids is 2. The second kappa shape index (κ2) is 8.67. The largest absolute Gasteiger partial charge is 0.269 e. The van der Waals surface area contributed by atoms with Gasteiger partial charge in [-0.25, -0.2) is 13.7 Å². The fourth-order valence-electron chi connectivity index (χ4n) is 3.05. The normalized spacial score (nSPS) is 10.8. The van der Waals surface area contributed by atoms with Gasteiger partial charge in [-0.05, 0) is 50.2 Å². The molecule has 0 fully saturated rings. The highest BCUT2D eigenvalue weighted by Crippen LogP contribution is 2.30. The minimum atomic E-state index is -0.857. The molecule has 0 radical (unpaired) electrons. The average Bonchev–Trinajstić information content (AvgIpc) is 3.23. The van der Waals surface area contributed by atoms with E-state index in [0.29, 0.717) is 22.9 Å². The number of aryl methyl sites for hydroxylation is 2. The number of hydrogen-bond donors (Lipinski definition) is 0. The minimum absolute atomic E-state index is 0.135. The molecule has 0 unspecified atom stereocenters. The fourth-order valence-corrected chi connectivity index (χ4v) is 3.72. The molecule has 4 aromatic rings. The predicted octanol–water partition coefficient (Wildman–Crippen LogP) is 4.38. The molecule has 0 aliphatic heterocycles. The number of benzene rings is 1. The Kier molecular flexibility index (Phi) is 5.78. The van der Waals surface area contributed by atoms with Gasteiger partial charge in [0.1, 0.15) is 11.6 Å². The minimum Gasteiger partial charge on any atom is -0.268 e. The first-order valence-electron chi connectivity index (χ1n) is 9.38. The first kappa shape index (κ1) is 21.3. The van der Waals surface area contributed by atoms with Crippen LogP contribution in [0.2, 0.25) is 0 Å². The third-order valence-corrected chi connectivity index (χ3v) is 5.38. The first-order chi connectivity index (χ1) is 15.4. The van der Waals surface area contributed by atoms with Crippen molar-refractivity contribution in [2.75, 3.05) is 4.90 Å². The molecule has 0 aliphatic carbocycles. The maximum Gasteiger partial charge on any atom is 0.269 e. The van der Waals surface area contributed by atoms with Crippen LogP contribution in [-0.4, -0.2) is 31.1 Å². The van der Waals surface area contributed by atoms with E-state index in [1.54, 1.807) is 26.0 Å². The standard InChI is InChI=1S/C22H15F2N5O2S/c1-12-14(6-4-10-25-12)20(30)29(21(31)15-7-5-11-26-13(15)2)22-27-19(28-32-22)18-16(23)8-3-9-17(18)24/h3-11H,1-2H3. The Morgan fingerprint density at radius 1 is 0.844 bits per heavy atom. The van der Waals surface area contributed by atoms with Gasteiger partial charge in [0, 0.05) is 35.3 Å². The van der Waals surface area contributed by atoms with Gasteiger partial charge in [-0.3, -0.25) is 19.6 Å². The second-order valence-corrected chi connectivity index (χ2v) is 7.45. The summed E-state index contributed by atoms with van der Waals surface area (Å²) >= 11 is 0.677. The summed E-state index contributed by atoms with van der Waals surface area (Å²) in [6, 6.07) is 9.56. The van der Waals surface area contributed by atoms with Gasteiger partial charge < -0.3 is 0 Å². The van der Waals surface area contributed by atoms with Gasteiger partial charge in [0.25, 0.3) is 11.8 Å². The van der Waals surface area contributed by atoms with Crippen molar-refractivity contribution in [2.24, 2.45) is 0 Å². The van der Waals surface area contributed by atoms with E-state index < -0.39 is 29.0 Å². The Labute approximate surface area is 185 Å². The van der Waals surface area contributed by atoms with Gasteiger partial charge in [0.2, 0.25) is 5.13 Å². The molecule has 3 heterocycles. The molecule has 0 saturated heterocycles. The molecule has 32 heavy (non-hydrogen) atoms. The number of rotatable bonds is 4. The quantitative estimate of drug-likeness (QED) is 0.428. The molecule has 0 spiro atoms. The lowest BCUT2D eigenvalue weighted by molar-refractivity contribution is 0.0896. The van der Waals surface area contributed by atoms with Crippen LogP contribution in [0.15, 0.2) is 54.9 Å². The molecule has 3 aromatic heterocycles. The highest BCUT2D eigenvalue weighted by molar-refractivity contribution is 7.10. The van der Waals surface area contributed by atoms with Crippen molar-refractivity contribution in [3.05, 3.63) is 89.0 Å². The lowest BCUT2D eigenvalue weighted by Gasteiger charge is -2.19. The molecule has 2 amide bonds. The summed E-state index contributed by atoms with van der Waals surface area (Å²) in [5.74, 6) is -3.37. The van der Waals surface area contributed by atoms with E-state index >= 15 is 0 Å². The summed E-state index contributed by atoms with van der Waals surface area (Å²) in [6.45, 7) is 3.26. The van der Waals surface area contributed by atoms with Crippen LogP contribution < -0.4 is 4.90 Å². The summed E-state index contributed by atoms with van der Waals surface area (Å²) in [5.41, 5.74) is 0.726. The van der Waals surface area contributed by atoms with Crippen molar-refractivity contribution in [2.45, 2.75) is 13.8 Å². The van der Waals surface area contributed by atoms with Crippen molar-refractivity contribution in [3.8, 4) is 11.4 Å². The third kappa shape index (κ3) is 3.87. The van der Waals surface area contributed by atoms with Crippen LogP contribution >= 0.6 is 11.5 Å². The van der Waals surface area contributed by atoms with E-state index in [4.69, 9.17) is 0 Å². The summed E-state index contributed by atoms with van der Waals surface area (Å²) in [5, 5.41) is -0.135. The fraction of sp³-hybridized carbons (Fsp3) is 0.0909. The number of hydrogen-bond acceptors (Lipinski definition) is 7. The molecule has 0 aliphatic rings. The monoisotopic (exact) mass is 451 g/mol. The molecular weight excluding hydrogens is 436 g/mol. The van der Waals surface area contributed by atoms with E-state index in [1.165, 1.54) is 30.6 Å². The van der Waals surface area contributed by atoms with Crippen LogP contribution in [0, 0.1) is 25.5 Å². The summed E-state index contributed by atoms with van der Waals surface area (Å²) < 4.78 is 32.4. The SMILES string of the molecule is Cc1ncccc1C(=O)N(C(=O)c1cccnc1C)c1nc(-c2c(F)cccc2F)ns1. The number of imide groups is 1.